The summed E-state index contributed by atoms with van der Waals surface area (Å²) in [5.74, 6) is -1.45. The second-order valence-electron chi connectivity index (χ2n) is 4.68. The third-order valence-corrected chi connectivity index (χ3v) is 3.44. The molecule has 4 nitrogen and oxygen atoms in total. The zero-order valence-electron chi connectivity index (χ0n) is 10.1. The molecule has 1 fully saturated rings. The summed E-state index contributed by atoms with van der Waals surface area (Å²) in [5, 5.41) is 12.0. The molecule has 1 aliphatic carbocycles. The molecule has 0 spiro atoms. The summed E-state index contributed by atoms with van der Waals surface area (Å²) in [6, 6.07) is 8.65. The van der Waals surface area contributed by atoms with Gasteiger partial charge in [0, 0.05) is 11.6 Å². The van der Waals surface area contributed by atoms with Crippen LogP contribution in [0.4, 0.5) is 0 Å². The molecular formula is C14H17NO3. The van der Waals surface area contributed by atoms with Crippen LogP contribution in [0.25, 0.3) is 0 Å². The minimum absolute atomic E-state index is 0.186. The van der Waals surface area contributed by atoms with Crippen molar-refractivity contribution in [2.24, 2.45) is 5.92 Å². The number of hydrogen-bond acceptors (Lipinski definition) is 2. The van der Waals surface area contributed by atoms with Gasteiger partial charge in [-0.15, -0.1) is 0 Å². The molecular weight excluding hydrogens is 230 g/mol. The van der Waals surface area contributed by atoms with Crippen LogP contribution in [0, 0.1) is 5.92 Å². The lowest BCUT2D eigenvalue weighted by Gasteiger charge is -2.29. The largest absolute Gasteiger partial charge is 0.481 e. The highest BCUT2D eigenvalue weighted by Gasteiger charge is 2.31. The molecule has 0 radical (unpaired) electrons. The first-order valence-electron chi connectivity index (χ1n) is 6.27. The summed E-state index contributed by atoms with van der Waals surface area (Å²) in [4.78, 5) is 23.1. The molecule has 96 valence electrons. The van der Waals surface area contributed by atoms with E-state index in [4.69, 9.17) is 5.11 Å². The van der Waals surface area contributed by atoms with Crippen LogP contribution in [0.3, 0.4) is 0 Å². The Balaban J connectivity index is 2.03. The second kappa shape index (κ2) is 5.67. The van der Waals surface area contributed by atoms with E-state index in [0.717, 1.165) is 19.3 Å². The van der Waals surface area contributed by atoms with Crippen LogP contribution in [-0.4, -0.2) is 23.0 Å². The Hall–Kier alpha value is -1.84. The molecule has 1 unspecified atom stereocenters. The molecule has 0 aromatic heterocycles. The van der Waals surface area contributed by atoms with E-state index in [-0.39, 0.29) is 11.9 Å². The SMILES string of the molecule is O=C(N[C@H]1CCCCC1C(=O)O)c1ccccc1. The first-order valence-corrected chi connectivity index (χ1v) is 6.27. The van der Waals surface area contributed by atoms with Gasteiger partial charge in [0.25, 0.3) is 5.91 Å². The molecule has 0 bridgehead atoms. The van der Waals surface area contributed by atoms with Gasteiger partial charge < -0.3 is 10.4 Å². The van der Waals surface area contributed by atoms with E-state index >= 15 is 0 Å². The van der Waals surface area contributed by atoms with Crippen LogP contribution < -0.4 is 5.32 Å². The van der Waals surface area contributed by atoms with Gasteiger partial charge in [0.2, 0.25) is 0 Å². The van der Waals surface area contributed by atoms with E-state index in [0.29, 0.717) is 12.0 Å². The Morgan fingerprint density at radius 1 is 1.11 bits per heavy atom. The molecule has 1 aromatic rings. The maximum Gasteiger partial charge on any atom is 0.308 e. The van der Waals surface area contributed by atoms with Crippen LogP contribution in [0.1, 0.15) is 36.0 Å². The van der Waals surface area contributed by atoms with Gasteiger partial charge in [0.1, 0.15) is 0 Å². The quantitative estimate of drug-likeness (QED) is 0.859. The second-order valence-corrected chi connectivity index (χ2v) is 4.68. The smallest absolute Gasteiger partial charge is 0.308 e. The average molecular weight is 247 g/mol. The lowest BCUT2D eigenvalue weighted by atomic mass is 9.84. The zero-order chi connectivity index (χ0) is 13.0. The molecule has 4 heteroatoms. The Morgan fingerprint density at radius 3 is 2.44 bits per heavy atom. The number of carbonyl (C=O) groups is 2. The number of nitrogens with one attached hydrogen (secondary N) is 1. The highest BCUT2D eigenvalue weighted by atomic mass is 16.4. The van der Waals surface area contributed by atoms with Crippen molar-refractivity contribution in [3.63, 3.8) is 0 Å². The van der Waals surface area contributed by atoms with Gasteiger partial charge in [-0.05, 0) is 25.0 Å². The monoisotopic (exact) mass is 247 g/mol. The van der Waals surface area contributed by atoms with Crippen molar-refractivity contribution in [3.05, 3.63) is 35.9 Å². The normalized spacial score (nSPS) is 23.3. The van der Waals surface area contributed by atoms with Gasteiger partial charge in [-0.25, -0.2) is 0 Å². The number of carboxylic acid groups (broad SMARTS) is 1. The standard InChI is InChI=1S/C14H17NO3/c16-13(10-6-2-1-3-7-10)15-12-9-5-4-8-11(12)14(17)18/h1-3,6-7,11-12H,4-5,8-9H2,(H,15,16)(H,17,18)/t11?,12-/m0/s1. The molecule has 1 aromatic carbocycles. The van der Waals surface area contributed by atoms with Crippen molar-refractivity contribution >= 4 is 11.9 Å². The minimum atomic E-state index is -0.812. The van der Waals surface area contributed by atoms with Gasteiger partial charge in [-0.3, -0.25) is 9.59 Å². The predicted octanol–water partition coefficient (Wildman–Crippen LogP) is 2.06. The topological polar surface area (TPSA) is 66.4 Å². The molecule has 18 heavy (non-hydrogen) atoms. The lowest BCUT2D eigenvalue weighted by Crippen LogP contribution is -2.45. The van der Waals surface area contributed by atoms with Gasteiger partial charge in [-0.2, -0.15) is 0 Å². The Kier molecular flexibility index (Phi) is 3.97. The highest BCUT2D eigenvalue weighted by molar-refractivity contribution is 5.94. The number of hydrogen-bond donors (Lipinski definition) is 2. The first-order chi connectivity index (χ1) is 8.68. The van der Waals surface area contributed by atoms with Crippen LogP contribution in [0.2, 0.25) is 0 Å². The summed E-state index contributed by atoms with van der Waals surface area (Å²) >= 11 is 0. The predicted molar refractivity (Wildman–Crippen MR) is 67.3 cm³/mol. The third kappa shape index (κ3) is 2.88. The van der Waals surface area contributed by atoms with Crippen LogP contribution in [0.5, 0.6) is 0 Å². The van der Waals surface area contributed by atoms with Gasteiger partial charge in [0.15, 0.2) is 0 Å². The summed E-state index contributed by atoms with van der Waals surface area (Å²) in [5.41, 5.74) is 0.576. The number of carboxylic acids is 1. The number of rotatable bonds is 3. The molecule has 0 heterocycles. The Labute approximate surface area is 106 Å². The fourth-order valence-electron chi connectivity index (χ4n) is 2.44. The van der Waals surface area contributed by atoms with Crippen molar-refractivity contribution in [2.75, 3.05) is 0 Å². The molecule has 0 saturated heterocycles. The molecule has 1 saturated carbocycles. The number of amides is 1. The van der Waals surface area contributed by atoms with Crippen molar-refractivity contribution in [1.82, 2.24) is 5.32 Å². The van der Waals surface area contributed by atoms with Gasteiger partial charge in [-0.1, -0.05) is 31.0 Å². The van der Waals surface area contributed by atoms with E-state index in [1.165, 1.54) is 0 Å². The Bertz CT molecular complexity index is 430. The summed E-state index contributed by atoms with van der Waals surface area (Å²) < 4.78 is 0. The molecule has 1 amide bonds. The van der Waals surface area contributed by atoms with Crippen LogP contribution in [0.15, 0.2) is 30.3 Å². The van der Waals surface area contributed by atoms with Gasteiger partial charge >= 0.3 is 5.97 Å². The van der Waals surface area contributed by atoms with Crippen LogP contribution in [-0.2, 0) is 4.79 Å². The van der Waals surface area contributed by atoms with Crippen molar-refractivity contribution in [1.29, 1.82) is 0 Å². The van der Waals surface area contributed by atoms with E-state index in [9.17, 15) is 9.59 Å². The Morgan fingerprint density at radius 2 is 1.78 bits per heavy atom. The number of aliphatic carboxylic acids is 1. The van der Waals surface area contributed by atoms with Crippen molar-refractivity contribution in [2.45, 2.75) is 31.7 Å². The molecule has 0 aliphatic heterocycles. The maximum absolute atomic E-state index is 12.0. The fourth-order valence-corrected chi connectivity index (χ4v) is 2.44. The summed E-state index contributed by atoms with van der Waals surface area (Å²) in [6.45, 7) is 0. The van der Waals surface area contributed by atoms with Crippen molar-refractivity contribution < 1.29 is 14.7 Å². The fraction of sp³-hybridized carbons (Fsp3) is 0.429. The third-order valence-electron chi connectivity index (χ3n) is 3.44. The molecule has 2 N–H and O–H groups in total. The first kappa shape index (κ1) is 12.6. The molecule has 1 aliphatic rings. The zero-order valence-corrected chi connectivity index (χ0v) is 10.1. The molecule has 2 rings (SSSR count). The highest BCUT2D eigenvalue weighted by Crippen LogP contribution is 2.24. The average Bonchev–Trinajstić information content (AvgIpc) is 2.40. The van der Waals surface area contributed by atoms with E-state index in [1.54, 1.807) is 24.3 Å². The number of carbonyl (C=O) groups excluding carboxylic acids is 1. The molecule has 2 atom stereocenters. The van der Waals surface area contributed by atoms with Gasteiger partial charge in [0.05, 0.1) is 5.92 Å². The van der Waals surface area contributed by atoms with Crippen molar-refractivity contribution in [3.8, 4) is 0 Å². The summed E-state index contributed by atoms with van der Waals surface area (Å²) in [6.07, 6.45) is 3.29. The summed E-state index contributed by atoms with van der Waals surface area (Å²) in [7, 11) is 0. The maximum atomic E-state index is 12.0. The van der Waals surface area contributed by atoms with E-state index in [1.807, 2.05) is 6.07 Å². The van der Waals surface area contributed by atoms with E-state index < -0.39 is 11.9 Å². The minimum Gasteiger partial charge on any atom is -0.481 e. The van der Waals surface area contributed by atoms with E-state index in [2.05, 4.69) is 5.32 Å². The van der Waals surface area contributed by atoms with Crippen LogP contribution >= 0.6 is 0 Å². The number of benzene rings is 1. The lowest BCUT2D eigenvalue weighted by molar-refractivity contribution is -0.143.